The van der Waals surface area contributed by atoms with Crippen LogP contribution in [0, 0.1) is 0 Å². The van der Waals surface area contributed by atoms with Crippen molar-refractivity contribution in [1.29, 1.82) is 0 Å². The molecule has 0 unspecified atom stereocenters. The molecular formula is C19H16N4O2. The Morgan fingerprint density at radius 2 is 1.88 bits per heavy atom. The van der Waals surface area contributed by atoms with E-state index in [0.717, 1.165) is 16.6 Å². The van der Waals surface area contributed by atoms with Gasteiger partial charge in [-0.2, -0.15) is 5.10 Å². The Hall–Kier alpha value is -3.28. The number of carbonyl (C=O) groups excluding carboxylic acids is 1. The predicted octanol–water partition coefficient (Wildman–Crippen LogP) is 3.03. The second kappa shape index (κ2) is 5.98. The third-order valence-corrected chi connectivity index (χ3v) is 4.33. The van der Waals surface area contributed by atoms with E-state index in [2.05, 4.69) is 15.1 Å². The Morgan fingerprint density at radius 1 is 1.12 bits per heavy atom. The minimum Gasteiger partial charge on any atom is -0.507 e. The molecule has 6 heteroatoms. The second-order valence-electron chi connectivity index (χ2n) is 5.95. The van der Waals surface area contributed by atoms with Gasteiger partial charge in [0, 0.05) is 31.3 Å². The summed E-state index contributed by atoms with van der Waals surface area (Å²) in [6.45, 7) is 1.49. The van der Waals surface area contributed by atoms with Gasteiger partial charge in [-0.3, -0.25) is 14.8 Å². The summed E-state index contributed by atoms with van der Waals surface area (Å²) in [4.78, 5) is 20.7. The van der Waals surface area contributed by atoms with Crippen molar-refractivity contribution in [3.8, 4) is 5.75 Å². The number of hydrogen-bond acceptors (Lipinski definition) is 5. The van der Waals surface area contributed by atoms with E-state index in [9.17, 15) is 9.90 Å². The van der Waals surface area contributed by atoms with Crippen molar-refractivity contribution >= 4 is 22.7 Å². The number of amides is 1. The average molecular weight is 332 g/mol. The lowest BCUT2D eigenvalue weighted by Crippen LogP contribution is -2.24. The monoisotopic (exact) mass is 332 g/mol. The summed E-state index contributed by atoms with van der Waals surface area (Å²) in [5.41, 5.74) is 3.87. The number of phenolic OH excluding ortho intramolecular Hbond substituents is 1. The van der Waals surface area contributed by atoms with E-state index in [-0.39, 0.29) is 17.7 Å². The number of hydrogen-bond donors (Lipinski definition) is 1. The van der Waals surface area contributed by atoms with E-state index in [1.165, 1.54) is 11.9 Å². The largest absolute Gasteiger partial charge is 0.507 e. The van der Waals surface area contributed by atoms with Crippen LogP contribution in [0.4, 0.5) is 0 Å². The lowest BCUT2D eigenvalue weighted by atomic mass is 9.97. The van der Waals surface area contributed by atoms with E-state index in [4.69, 9.17) is 0 Å². The number of rotatable bonds is 2. The Bertz CT molecular complexity index is 999. The van der Waals surface area contributed by atoms with Crippen LogP contribution in [0.3, 0.4) is 0 Å². The van der Waals surface area contributed by atoms with Crippen LogP contribution in [-0.4, -0.2) is 31.7 Å². The molecule has 2 heterocycles. The summed E-state index contributed by atoms with van der Waals surface area (Å²) in [6, 6.07) is 12.6. The third kappa shape index (κ3) is 2.71. The molecule has 3 aromatic rings. The normalized spacial score (nSPS) is 16.9. The van der Waals surface area contributed by atoms with Gasteiger partial charge in [0.2, 0.25) is 5.91 Å². The third-order valence-electron chi connectivity index (χ3n) is 4.33. The summed E-state index contributed by atoms with van der Waals surface area (Å²) < 4.78 is 0. The Kier molecular flexibility index (Phi) is 3.65. The van der Waals surface area contributed by atoms with Gasteiger partial charge >= 0.3 is 0 Å². The molecule has 0 saturated carbocycles. The zero-order chi connectivity index (χ0) is 17.4. The van der Waals surface area contributed by atoms with Gasteiger partial charge in [0.1, 0.15) is 5.75 Å². The zero-order valence-corrected chi connectivity index (χ0v) is 13.6. The highest BCUT2D eigenvalue weighted by Gasteiger charge is 2.32. The summed E-state index contributed by atoms with van der Waals surface area (Å²) in [6.07, 6.45) is 3.83. The molecule has 1 N–H and O–H groups in total. The number of para-hydroxylation sites is 1. The van der Waals surface area contributed by atoms with Crippen molar-refractivity contribution < 1.29 is 9.90 Å². The van der Waals surface area contributed by atoms with Gasteiger partial charge in [0.25, 0.3) is 0 Å². The van der Waals surface area contributed by atoms with E-state index in [0.29, 0.717) is 17.7 Å². The van der Waals surface area contributed by atoms with E-state index < -0.39 is 0 Å². The standard InChI is InChI=1S/C19H16N4O2/c1-12(24)23-18(11-16(22-23)14-4-2-3-5-19(14)25)13-6-7-15-17(10-13)21-9-8-20-15/h2-10,18,25H,11H2,1H3/t18-/m0/s1. The Morgan fingerprint density at radius 3 is 2.64 bits per heavy atom. The summed E-state index contributed by atoms with van der Waals surface area (Å²) in [7, 11) is 0. The van der Waals surface area contributed by atoms with Crippen LogP contribution in [0.1, 0.15) is 30.5 Å². The van der Waals surface area contributed by atoms with Gasteiger partial charge in [0.05, 0.1) is 22.8 Å². The molecule has 0 radical (unpaired) electrons. The number of nitrogens with zero attached hydrogens (tertiary/aromatic N) is 4. The molecule has 2 aromatic carbocycles. The quantitative estimate of drug-likeness (QED) is 0.782. The topological polar surface area (TPSA) is 78.7 Å². The summed E-state index contributed by atoms with van der Waals surface area (Å²) in [5.74, 6) is 0.0180. The molecular weight excluding hydrogens is 316 g/mol. The Labute approximate surface area is 144 Å². The molecule has 0 saturated heterocycles. The lowest BCUT2D eigenvalue weighted by Gasteiger charge is -2.20. The first-order valence-corrected chi connectivity index (χ1v) is 8.00. The molecule has 1 aliphatic heterocycles. The van der Waals surface area contributed by atoms with Gasteiger partial charge in [-0.25, -0.2) is 5.01 Å². The molecule has 25 heavy (non-hydrogen) atoms. The number of phenols is 1. The van der Waals surface area contributed by atoms with Crippen molar-refractivity contribution in [3.63, 3.8) is 0 Å². The van der Waals surface area contributed by atoms with E-state index >= 15 is 0 Å². The molecule has 1 amide bonds. The molecule has 124 valence electrons. The average Bonchev–Trinajstić information content (AvgIpc) is 3.07. The van der Waals surface area contributed by atoms with Crippen LogP contribution in [-0.2, 0) is 4.79 Å². The van der Waals surface area contributed by atoms with Crippen molar-refractivity contribution in [2.24, 2.45) is 5.10 Å². The first-order chi connectivity index (χ1) is 12.1. The Balaban J connectivity index is 1.74. The fourth-order valence-corrected chi connectivity index (χ4v) is 3.13. The van der Waals surface area contributed by atoms with Crippen LogP contribution in [0.5, 0.6) is 5.75 Å². The fourth-order valence-electron chi connectivity index (χ4n) is 3.13. The highest BCUT2D eigenvalue weighted by atomic mass is 16.3. The number of aromatic nitrogens is 2. The minimum absolute atomic E-state index is 0.144. The van der Waals surface area contributed by atoms with Gasteiger partial charge in [-0.15, -0.1) is 0 Å². The molecule has 0 spiro atoms. The van der Waals surface area contributed by atoms with Gasteiger partial charge in [-0.1, -0.05) is 18.2 Å². The molecule has 1 atom stereocenters. The summed E-state index contributed by atoms with van der Waals surface area (Å²) >= 11 is 0. The number of aromatic hydroxyl groups is 1. The highest BCUT2D eigenvalue weighted by molar-refractivity contribution is 6.05. The van der Waals surface area contributed by atoms with Crippen LogP contribution in [0.15, 0.2) is 60.0 Å². The van der Waals surface area contributed by atoms with Crippen molar-refractivity contribution in [2.75, 3.05) is 0 Å². The van der Waals surface area contributed by atoms with Crippen molar-refractivity contribution in [2.45, 2.75) is 19.4 Å². The highest BCUT2D eigenvalue weighted by Crippen LogP contribution is 2.35. The lowest BCUT2D eigenvalue weighted by molar-refractivity contribution is -0.130. The smallest absolute Gasteiger partial charge is 0.240 e. The number of benzene rings is 2. The SMILES string of the molecule is CC(=O)N1N=C(c2ccccc2O)C[C@H]1c1ccc2nccnc2c1. The maximum atomic E-state index is 12.1. The maximum Gasteiger partial charge on any atom is 0.240 e. The molecule has 4 rings (SSSR count). The molecule has 1 aromatic heterocycles. The second-order valence-corrected chi connectivity index (χ2v) is 5.95. The van der Waals surface area contributed by atoms with Gasteiger partial charge in [-0.05, 0) is 29.8 Å². The number of carbonyl (C=O) groups is 1. The van der Waals surface area contributed by atoms with Crippen LogP contribution < -0.4 is 0 Å². The maximum absolute atomic E-state index is 12.1. The minimum atomic E-state index is -0.224. The molecule has 6 nitrogen and oxygen atoms in total. The van der Waals surface area contributed by atoms with E-state index in [1.54, 1.807) is 30.6 Å². The molecule has 1 aliphatic rings. The van der Waals surface area contributed by atoms with Gasteiger partial charge in [0.15, 0.2) is 0 Å². The van der Waals surface area contributed by atoms with Crippen LogP contribution in [0.2, 0.25) is 0 Å². The molecule has 0 fully saturated rings. The summed E-state index contributed by atoms with van der Waals surface area (Å²) in [5, 5.41) is 16.0. The number of hydrazone groups is 1. The predicted molar refractivity (Wildman–Crippen MR) is 94.1 cm³/mol. The zero-order valence-electron chi connectivity index (χ0n) is 13.6. The van der Waals surface area contributed by atoms with Crippen LogP contribution >= 0.6 is 0 Å². The number of fused-ring (bicyclic) bond motifs is 1. The molecule has 0 aliphatic carbocycles. The van der Waals surface area contributed by atoms with Crippen LogP contribution in [0.25, 0.3) is 11.0 Å². The van der Waals surface area contributed by atoms with Crippen molar-refractivity contribution in [1.82, 2.24) is 15.0 Å². The van der Waals surface area contributed by atoms with Gasteiger partial charge < -0.3 is 5.11 Å². The fraction of sp³-hybridized carbons (Fsp3) is 0.158. The molecule has 0 bridgehead atoms. The first kappa shape index (κ1) is 15.3. The van der Waals surface area contributed by atoms with Crippen molar-refractivity contribution in [3.05, 3.63) is 66.0 Å². The van der Waals surface area contributed by atoms with E-state index in [1.807, 2.05) is 24.3 Å². The first-order valence-electron chi connectivity index (χ1n) is 8.00.